The molecule has 6 heteroatoms. The summed E-state index contributed by atoms with van der Waals surface area (Å²) in [5.74, 6) is 0.234. The molecule has 0 saturated heterocycles. The zero-order chi connectivity index (χ0) is 17.0. The van der Waals surface area contributed by atoms with Crippen LogP contribution >= 0.6 is 0 Å². The van der Waals surface area contributed by atoms with Crippen molar-refractivity contribution in [3.63, 3.8) is 0 Å². The summed E-state index contributed by atoms with van der Waals surface area (Å²) in [4.78, 5) is 14.8. The van der Waals surface area contributed by atoms with Crippen LogP contribution in [0.3, 0.4) is 0 Å². The molecule has 0 N–H and O–H groups in total. The standard InChI is InChI=1S/C17H16F3NO2/c1-11(22)15-9-13(10-16(21-15)17(18,19)20)4-3-12-5-7-14(23-2)8-6-12/h5-10H,3-4H2,1-2H3. The van der Waals surface area contributed by atoms with E-state index >= 15 is 0 Å². The lowest BCUT2D eigenvalue weighted by atomic mass is 10.0. The fourth-order valence-electron chi connectivity index (χ4n) is 2.14. The third-order valence-electron chi connectivity index (χ3n) is 3.40. The Morgan fingerprint density at radius 1 is 1.09 bits per heavy atom. The minimum absolute atomic E-state index is 0.162. The third-order valence-corrected chi connectivity index (χ3v) is 3.40. The number of methoxy groups -OCH3 is 1. The number of pyridine rings is 1. The maximum absolute atomic E-state index is 12.9. The van der Waals surface area contributed by atoms with Crippen LogP contribution in [0, 0.1) is 0 Å². The van der Waals surface area contributed by atoms with E-state index in [4.69, 9.17) is 4.74 Å². The molecule has 2 aromatic rings. The Balaban J connectivity index is 2.20. The normalized spacial score (nSPS) is 11.3. The Morgan fingerprint density at radius 3 is 2.22 bits per heavy atom. The molecule has 0 spiro atoms. The van der Waals surface area contributed by atoms with Gasteiger partial charge in [-0.15, -0.1) is 0 Å². The summed E-state index contributed by atoms with van der Waals surface area (Å²) in [5.41, 5.74) is 0.216. The second kappa shape index (κ2) is 6.81. The summed E-state index contributed by atoms with van der Waals surface area (Å²) in [6, 6.07) is 9.72. The molecule has 3 nitrogen and oxygen atoms in total. The highest BCUT2D eigenvalue weighted by Gasteiger charge is 2.33. The van der Waals surface area contributed by atoms with Gasteiger partial charge >= 0.3 is 6.18 Å². The third kappa shape index (κ3) is 4.55. The van der Waals surface area contributed by atoms with Gasteiger partial charge < -0.3 is 4.74 Å². The van der Waals surface area contributed by atoms with E-state index in [1.165, 1.54) is 13.0 Å². The van der Waals surface area contributed by atoms with E-state index in [2.05, 4.69) is 4.98 Å². The van der Waals surface area contributed by atoms with Crippen LogP contribution in [0.5, 0.6) is 5.75 Å². The Morgan fingerprint density at radius 2 is 1.70 bits per heavy atom. The average Bonchev–Trinajstić information content (AvgIpc) is 2.52. The van der Waals surface area contributed by atoms with Gasteiger partial charge in [0.25, 0.3) is 0 Å². The zero-order valence-electron chi connectivity index (χ0n) is 12.8. The summed E-state index contributed by atoms with van der Waals surface area (Å²) in [5, 5.41) is 0. The van der Waals surface area contributed by atoms with Crippen LogP contribution in [0.15, 0.2) is 36.4 Å². The SMILES string of the molecule is COc1ccc(CCc2cc(C(C)=O)nc(C(F)(F)F)c2)cc1. The van der Waals surface area contributed by atoms with Crippen LogP contribution < -0.4 is 4.74 Å². The smallest absolute Gasteiger partial charge is 0.433 e. The van der Waals surface area contributed by atoms with Gasteiger partial charge in [-0.3, -0.25) is 4.79 Å². The number of nitrogens with zero attached hydrogens (tertiary/aromatic N) is 1. The van der Waals surface area contributed by atoms with Crippen molar-refractivity contribution in [3.05, 3.63) is 58.9 Å². The molecular formula is C17H16F3NO2. The lowest BCUT2D eigenvalue weighted by Gasteiger charge is -2.10. The van der Waals surface area contributed by atoms with Crippen molar-refractivity contribution < 1.29 is 22.7 Å². The minimum atomic E-state index is -4.57. The molecule has 1 heterocycles. The fraction of sp³-hybridized carbons (Fsp3) is 0.294. The molecule has 1 aromatic heterocycles. The summed E-state index contributed by atoms with van der Waals surface area (Å²) >= 11 is 0. The van der Waals surface area contributed by atoms with E-state index in [1.807, 2.05) is 12.1 Å². The van der Waals surface area contributed by atoms with Crippen LogP contribution in [-0.4, -0.2) is 17.9 Å². The first-order valence-electron chi connectivity index (χ1n) is 7.01. The lowest BCUT2D eigenvalue weighted by Crippen LogP contribution is -2.12. The van der Waals surface area contributed by atoms with Crippen molar-refractivity contribution in [3.8, 4) is 5.75 Å². The highest BCUT2D eigenvalue weighted by Crippen LogP contribution is 2.29. The van der Waals surface area contributed by atoms with E-state index in [-0.39, 0.29) is 5.69 Å². The van der Waals surface area contributed by atoms with E-state index in [1.54, 1.807) is 19.2 Å². The number of aromatic nitrogens is 1. The summed E-state index contributed by atoms with van der Waals surface area (Å²) in [6.45, 7) is 1.20. The largest absolute Gasteiger partial charge is 0.497 e. The summed E-state index contributed by atoms with van der Waals surface area (Å²) in [6.07, 6.45) is -3.62. The number of carbonyl (C=O) groups excluding carboxylic acids is 1. The molecule has 23 heavy (non-hydrogen) atoms. The number of benzene rings is 1. The van der Waals surface area contributed by atoms with Crippen molar-refractivity contribution >= 4 is 5.78 Å². The van der Waals surface area contributed by atoms with Gasteiger partial charge in [-0.05, 0) is 48.2 Å². The molecule has 0 saturated carbocycles. The Labute approximate surface area is 132 Å². The predicted molar refractivity (Wildman–Crippen MR) is 79.6 cm³/mol. The second-order valence-electron chi connectivity index (χ2n) is 5.15. The summed E-state index contributed by atoms with van der Waals surface area (Å²) in [7, 11) is 1.56. The minimum Gasteiger partial charge on any atom is -0.497 e. The Bertz CT molecular complexity index is 694. The molecular weight excluding hydrogens is 307 g/mol. The van der Waals surface area contributed by atoms with Crippen LogP contribution in [-0.2, 0) is 19.0 Å². The molecule has 0 radical (unpaired) electrons. The van der Waals surface area contributed by atoms with Crippen LogP contribution in [0.2, 0.25) is 0 Å². The van der Waals surface area contributed by atoms with Crippen molar-refractivity contribution in [1.82, 2.24) is 4.98 Å². The van der Waals surface area contributed by atoms with Crippen LogP contribution in [0.4, 0.5) is 13.2 Å². The van der Waals surface area contributed by atoms with Crippen molar-refractivity contribution in [2.24, 2.45) is 0 Å². The first-order chi connectivity index (χ1) is 10.8. The van der Waals surface area contributed by atoms with Gasteiger partial charge in [0.15, 0.2) is 5.78 Å². The highest BCUT2D eigenvalue weighted by atomic mass is 19.4. The molecule has 0 aliphatic rings. The van der Waals surface area contributed by atoms with Gasteiger partial charge in [0.05, 0.1) is 7.11 Å². The van der Waals surface area contributed by atoms with Crippen LogP contribution in [0.1, 0.15) is 34.2 Å². The molecule has 1 aromatic carbocycles. The highest BCUT2D eigenvalue weighted by molar-refractivity contribution is 5.92. The number of rotatable bonds is 5. The molecule has 0 aliphatic carbocycles. The number of Topliss-reactive ketones (excluding diaryl/α,β-unsaturated/α-hetero) is 1. The molecule has 0 atom stereocenters. The van der Waals surface area contributed by atoms with E-state index < -0.39 is 17.7 Å². The molecule has 0 aliphatic heterocycles. The number of hydrogen-bond donors (Lipinski definition) is 0. The van der Waals surface area contributed by atoms with E-state index in [0.29, 0.717) is 18.4 Å². The summed E-state index contributed by atoms with van der Waals surface area (Å²) < 4.78 is 43.7. The van der Waals surface area contributed by atoms with Crippen LogP contribution in [0.25, 0.3) is 0 Å². The number of ketones is 1. The quantitative estimate of drug-likeness (QED) is 0.778. The lowest BCUT2D eigenvalue weighted by molar-refractivity contribution is -0.141. The molecule has 122 valence electrons. The molecule has 2 rings (SSSR count). The van der Waals surface area contributed by atoms with E-state index in [9.17, 15) is 18.0 Å². The number of halogens is 3. The van der Waals surface area contributed by atoms with Crippen molar-refractivity contribution in [2.45, 2.75) is 25.9 Å². The maximum atomic E-state index is 12.9. The maximum Gasteiger partial charge on any atom is 0.433 e. The van der Waals surface area contributed by atoms with Crippen molar-refractivity contribution in [1.29, 1.82) is 0 Å². The fourth-order valence-corrected chi connectivity index (χ4v) is 2.14. The number of alkyl halides is 3. The van der Waals surface area contributed by atoms with Gasteiger partial charge in [-0.25, -0.2) is 4.98 Å². The Hall–Kier alpha value is -2.37. The Kier molecular flexibility index (Phi) is 5.03. The van der Waals surface area contributed by atoms with E-state index in [0.717, 1.165) is 17.4 Å². The predicted octanol–water partition coefficient (Wildman–Crippen LogP) is 4.10. The van der Waals surface area contributed by atoms with Gasteiger partial charge in [0.2, 0.25) is 0 Å². The second-order valence-corrected chi connectivity index (χ2v) is 5.15. The average molecular weight is 323 g/mol. The topological polar surface area (TPSA) is 39.2 Å². The number of carbonyl (C=O) groups is 1. The van der Waals surface area contributed by atoms with Gasteiger partial charge in [0, 0.05) is 6.92 Å². The monoisotopic (exact) mass is 323 g/mol. The first-order valence-corrected chi connectivity index (χ1v) is 7.01. The molecule has 0 amide bonds. The number of aryl methyl sites for hydroxylation is 2. The zero-order valence-corrected chi connectivity index (χ0v) is 12.8. The molecule has 0 fully saturated rings. The van der Waals surface area contributed by atoms with Gasteiger partial charge in [-0.1, -0.05) is 12.1 Å². The van der Waals surface area contributed by atoms with Gasteiger partial charge in [-0.2, -0.15) is 13.2 Å². The first kappa shape index (κ1) is 17.0. The molecule has 0 bridgehead atoms. The number of ether oxygens (including phenoxy) is 1. The number of hydrogen-bond acceptors (Lipinski definition) is 3. The van der Waals surface area contributed by atoms with Gasteiger partial charge in [0.1, 0.15) is 17.1 Å². The van der Waals surface area contributed by atoms with Crippen molar-refractivity contribution in [2.75, 3.05) is 7.11 Å². The molecule has 0 unspecified atom stereocenters.